The summed E-state index contributed by atoms with van der Waals surface area (Å²) in [5, 5.41) is 15.1. The number of anilines is 4. The minimum absolute atomic E-state index is 0.493. The molecule has 0 aliphatic heterocycles. The number of rotatable bonds is 7. The van der Waals surface area contributed by atoms with E-state index in [1.807, 2.05) is 0 Å². The first-order chi connectivity index (χ1) is 13.2. The maximum atomic E-state index is 4.62. The van der Waals surface area contributed by atoms with Crippen molar-refractivity contribution in [1.29, 1.82) is 0 Å². The molecule has 1 aromatic carbocycles. The molecular formula is C21H32N6. The van der Waals surface area contributed by atoms with E-state index in [0.717, 1.165) is 24.6 Å². The maximum absolute atomic E-state index is 4.62. The molecule has 0 atom stereocenters. The third-order valence-electron chi connectivity index (χ3n) is 5.35. The third-order valence-corrected chi connectivity index (χ3v) is 5.35. The van der Waals surface area contributed by atoms with Gasteiger partial charge in [0, 0.05) is 30.5 Å². The van der Waals surface area contributed by atoms with Crippen molar-refractivity contribution in [3.63, 3.8) is 0 Å². The van der Waals surface area contributed by atoms with Crippen LogP contribution in [0, 0.1) is 6.92 Å². The Hall–Kier alpha value is -2.37. The molecule has 1 aromatic heterocycles. The molecule has 1 fully saturated rings. The number of nitrogens with zero attached hydrogens (tertiary/aromatic N) is 4. The second kappa shape index (κ2) is 9.53. The Morgan fingerprint density at radius 2 is 1.81 bits per heavy atom. The van der Waals surface area contributed by atoms with Crippen LogP contribution in [0.25, 0.3) is 0 Å². The topological polar surface area (TPSA) is 66.0 Å². The number of hydrogen-bond acceptors (Lipinski definition) is 6. The SMILES string of the molecule is CCN(CC)c1ccc(Nc2nncc(NC3CCCCCC3)n2)c(C)c1. The largest absolute Gasteiger partial charge is 0.372 e. The van der Waals surface area contributed by atoms with Crippen molar-refractivity contribution in [1.82, 2.24) is 15.2 Å². The van der Waals surface area contributed by atoms with Crippen LogP contribution in [0.15, 0.2) is 24.4 Å². The second-order valence-electron chi connectivity index (χ2n) is 7.29. The normalized spacial score (nSPS) is 15.2. The van der Waals surface area contributed by atoms with Gasteiger partial charge in [-0.1, -0.05) is 25.7 Å². The van der Waals surface area contributed by atoms with Crippen LogP contribution in [0.2, 0.25) is 0 Å². The van der Waals surface area contributed by atoms with Crippen molar-refractivity contribution in [2.45, 2.75) is 65.3 Å². The number of aromatic nitrogens is 3. The molecular weight excluding hydrogens is 336 g/mol. The van der Waals surface area contributed by atoms with Gasteiger partial charge in [0.15, 0.2) is 5.82 Å². The zero-order chi connectivity index (χ0) is 19.1. The van der Waals surface area contributed by atoms with Gasteiger partial charge in [0.25, 0.3) is 0 Å². The Labute approximate surface area is 162 Å². The molecule has 0 spiro atoms. The third kappa shape index (κ3) is 5.31. The van der Waals surface area contributed by atoms with Gasteiger partial charge in [-0.05, 0) is 57.4 Å². The van der Waals surface area contributed by atoms with E-state index in [4.69, 9.17) is 0 Å². The lowest BCUT2D eigenvalue weighted by Gasteiger charge is -2.22. The standard InChI is InChI=1S/C21H32N6/c1-4-27(5-2)18-12-13-19(16(3)14-18)24-21-25-20(15-22-26-21)23-17-10-8-6-7-9-11-17/h12-15,17H,4-11H2,1-3H3,(H2,23,24,25,26). The van der Waals surface area contributed by atoms with Crippen LogP contribution < -0.4 is 15.5 Å². The van der Waals surface area contributed by atoms with Gasteiger partial charge in [-0.25, -0.2) is 0 Å². The van der Waals surface area contributed by atoms with Crippen molar-refractivity contribution in [3.8, 4) is 0 Å². The Kier molecular flexibility index (Phi) is 6.85. The average molecular weight is 369 g/mol. The molecule has 0 radical (unpaired) electrons. The molecule has 2 N–H and O–H groups in total. The second-order valence-corrected chi connectivity index (χ2v) is 7.29. The first kappa shape index (κ1) is 19.4. The van der Waals surface area contributed by atoms with E-state index in [0.29, 0.717) is 12.0 Å². The van der Waals surface area contributed by atoms with Gasteiger partial charge in [0.1, 0.15) is 0 Å². The van der Waals surface area contributed by atoms with E-state index >= 15 is 0 Å². The fourth-order valence-electron chi connectivity index (χ4n) is 3.75. The molecule has 146 valence electrons. The summed E-state index contributed by atoms with van der Waals surface area (Å²) in [7, 11) is 0. The summed E-state index contributed by atoms with van der Waals surface area (Å²) in [6.45, 7) is 8.47. The molecule has 6 nitrogen and oxygen atoms in total. The Morgan fingerprint density at radius 3 is 2.48 bits per heavy atom. The highest BCUT2D eigenvalue weighted by atomic mass is 15.3. The van der Waals surface area contributed by atoms with E-state index in [1.165, 1.54) is 49.8 Å². The zero-order valence-electron chi connectivity index (χ0n) is 16.8. The fourth-order valence-corrected chi connectivity index (χ4v) is 3.75. The minimum atomic E-state index is 0.493. The molecule has 1 heterocycles. The molecule has 0 amide bonds. The van der Waals surface area contributed by atoms with Crippen LogP contribution in [0.3, 0.4) is 0 Å². The lowest BCUT2D eigenvalue weighted by Crippen LogP contribution is -2.21. The van der Waals surface area contributed by atoms with E-state index in [9.17, 15) is 0 Å². The molecule has 0 saturated heterocycles. The molecule has 1 saturated carbocycles. The van der Waals surface area contributed by atoms with Gasteiger partial charge in [-0.3, -0.25) is 0 Å². The van der Waals surface area contributed by atoms with Crippen molar-refractivity contribution in [2.75, 3.05) is 28.6 Å². The molecule has 27 heavy (non-hydrogen) atoms. The summed E-state index contributed by atoms with van der Waals surface area (Å²) in [6.07, 6.45) is 9.40. The van der Waals surface area contributed by atoms with Crippen LogP contribution in [-0.4, -0.2) is 34.3 Å². The van der Waals surface area contributed by atoms with Gasteiger partial charge in [-0.2, -0.15) is 10.1 Å². The quantitative estimate of drug-likeness (QED) is 0.677. The van der Waals surface area contributed by atoms with Gasteiger partial charge in [0.2, 0.25) is 5.95 Å². The van der Waals surface area contributed by atoms with Crippen LogP contribution in [0.5, 0.6) is 0 Å². The predicted molar refractivity (Wildman–Crippen MR) is 113 cm³/mol. The molecule has 2 aromatic rings. The molecule has 6 heteroatoms. The predicted octanol–water partition coefficient (Wildman–Crippen LogP) is 4.90. The van der Waals surface area contributed by atoms with Gasteiger partial charge < -0.3 is 15.5 Å². The van der Waals surface area contributed by atoms with Crippen LogP contribution in [0.1, 0.15) is 57.9 Å². The van der Waals surface area contributed by atoms with Gasteiger partial charge >= 0.3 is 0 Å². The smallest absolute Gasteiger partial charge is 0.249 e. The fraction of sp³-hybridized carbons (Fsp3) is 0.571. The first-order valence-corrected chi connectivity index (χ1v) is 10.3. The number of aryl methyl sites for hydroxylation is 1. The molecule has 1 aliphatic rings. The Morgan fingerprint density at radius 1 is 1.07 bits per heavy atom. The number of hydrogen-bond donors (Lipinski definition) is 2. The minimum Gasteiger partial charge on any atom is -0.372 e. The number of nitrogens with one attached hydrogen (secondary N) is 2. The van der Waals surface area contributed by atoms with Crippen molar-refractivity contribution in [3.05, 3.63) is 30.0 Å². The lowest BCUT2D eigenvalue weighted by molar-refractivity contribution is 0.617. The highest BCUT2D eigenvalue weighted by molar-refractivity contribution is 5.64. The average Bonchev–Trinajstić information content (AvgIpc) is 2.94. The summed E-state index contributed by atoms with van der Waals surface area (Å²) in [6, 6.07) is 6.93. The number of benzene rings is 1. The van der Waals surface area contributed by atoms with Crippen LogP contribution in [0.4, 0.5) is 23.1 Å². The maximum Gasteiger partial charge on any atom is 0.249 e. The van der Waals surface area contributed by atoms with E-state index in [-0.39, 0.29) is 0 Å². The summed E-state index contributed by atoms with van der Waals surface area (Å²) < 4.78 is 0. The molecule has 1 aliphatic carbocycles. The van der Waals surface area contributed by atoms with Gasteiger partial charge in [-0.15, -0.1) is 5.10 Å². The van der Waals surface area contributed by atoms with E-state index in [2.05, 4.69) is 69.7 Å². The van der Waals surface area contributed by atoms with Crippen molar-refractivity contribution in [2.24, 2.45) is 0 Å². The van der Waals surface area contributed by atoms with Crippen molar-refractivity contribution < 1.29 is 0 Å². The lowest BCUT2D eigenvalue weighted by atomic mass is 10.1. The molecule has 0 bridgehead atoms. The highest BCUT2D eigenvalue weighted by Gasteiger charge is 2.13. The highest BCUT2D eigenvalue weighted by Crippen LogP contribution is 2.25. The monoisotopic (exact) mass is 368 g/mol. The molecule has 0 unspecified atom stereocenters. The first-order valence-electron chi connectivity index (χ1n) is 10.3. The molecule has 3 rings (SSSR count). The Bertz CT molecular complexity index is 720. The summed E-state index contributed by atoms with van der Waals surface area (Å²) in [5.74, 6) is 1.34. The zero-order valence-corrected chi connectivity index (χ0v) is 16.8. The Balaban J connectivity index is 1.68. The summed E-state index contributed by atoms with van der Waals surface area (Å²) in [4.78, 5) is 6.96. The summed E-state index contributed by atoms with van der Waals surface area (Å²) in [5.41, 5.74) is 3.43. The van der Waals surface area contributed by atoms with E-state index < -0.39 is 0 Å². The summed E-state index contributed by atoms with van der Waals surface area (Å²) >= 11 is 0. The van der Waals surface area contributed by atoms with E-state index in [1.54, 1.807) is 6.20 Å². The van der Waals surface area contributed by atoms with Gasteiger partial charge in [0.05, 0.1) is 6.20 Å². The van der Waals surface area contributed by atoms with Crippen LogP contribution in [-0.2, 0) is 0 Å². The van der Waals surface area contributed by atoms with Crippen molar-refractivity contribution >= 4 is 23.1 Å². The van der Waals surface area contributed by atoms with Crippen LogP contribution >= 0.6 is 0 Å².